The first-order valence-corrected chi connectivity index (χ1v) is 23.0. The Morgan fingerprint density at radius 2 is 0.346 bits per heavy atom. The highest BCUT2D eigenvalue weighted by Crippen LogP contribution is 2.15. The molecule has 0 aromatic rings. The number of hydrogen-bond donors (Lipinski definition) is 3. The molecule has 0 saturated carbocycles. The zero-order chi connectivity index (χ0) is 39.0. The van der Waals surface area contributed by atoms with Crippen LogP contribution in [0.3, 0.4) is 0 Å². The highest BCUT2D eigenvalue weighted by Gasteiger charge is 1.99. The number of aliphatic carboxylic acids is 3. The van der Waals surface area contributed by atoms with Gasteiger partial charge in [-0.2, -0.15) is 0 Å². The monoisotopic (exact) mass is 741 g/mol. The topological polar surface area (TPSA) is 112 Å². The fraction of sp³-hybridized carbons (Fsp3) is 0.935. The Bertz CT molecular complexity index is 654. The van der Waals surface area contributed by atoms with Crippen LogP contribution in [-0.4, -0.2) is 33.2 Å². The lowest BCUT2D eigenvalue weighted by Crippen LogP contribution is -1.93. The van der Waals surface area contributed by atoms with E-state index in [1.807, 2.05) is 0 Å². The number of carboxylic acid groups (broad SMARTS) is 3. The first-order valence-electron chi connectivity index (χ1n) is 23.0. The van der Waals surface area contributed by atoms with E-state index in [0.717, 1.165) is 38.5 Å². The van der Waals surface area contributed by atoms with Crippen LogP contribution in [0.1, 0.15) is 278 Å². The maximum absolute atomic E-state index is 10.3. The van der Waals surface area contributed by atoms with Gasteiger partial charge in [-0.25, -0.2) is 0 Å². The third-order valence-corrected chi connectivity index (χ3v) is 9.98. The largest absolute Gasteiger partial charge is 0.481 e. The van der Waals surface area contributed by atoms with E-state index in [4.69, 9.17) is 15.3 Å². The summed E-state index contributed by atoms with van der Waals surface area (Å²) in [6, 6.07) is 0. The maximum atomic E-state index is 10.3. The van der Waals surface area contributed by atoms with Crippen LogP contribution in [0.5, 0.6) is 0 Å². The Balaban J connectivity index is -0.000000694. The Hall–Kier alpha value is -1.59. The van der Waals surface area contributed by atoms with Gasteiger partial charge in [-0.15, -0.1) is 0 Å². The lowest BCUT2D eigenvalue weighted by atomic mass is 10.0. The second kappa shape index (κ2) is 51.5. The zero-order valence-electron chi connectivity index (χ0n) is 35.4. The summed E-state index contributed by atoms with van der Waals surface area (Å²) in [5.41, 5.74) is 0. The molecule has 0 saturated heterocycles. The van der Waals surface area contributed by atoms with Crippen molar-refractivity contribution in [3.8, 4) is 0 Å². The molecule has 0 unspecified atom stereocenters. The molecule has 3 N–H and O–H groups in total. The SMILES string of the molecule is CCCCCCCCCCCCCC(=O)O.CCCCCCCCCCCCCCCC(=O)O.CCCCCCCCCCCCCCCC(=O)O. The van der Waals surface area contributed by atoms with Crippen molar-refractivity contribution >= 4 is 17.9 Å². The smallest absolute Gasteiger partial charge is 0.303 e. The second-order valence-electron chi connectivity index (χ2n) is 15.5. The molecule has 0 fully saturated rings. The fourth-order valence-corrected chi connectivity index (χ4v) is 6.53. The van der Waals surface area contributed by atoms with Gasteiger partial charge in [-0.1, -0.05) is 239 Å². The minimum atomic E-state index is -0.657. The van der Waals surface area contributed by atoms with Crippen molar-refractivity contribution in [3.05, 3.63) is 0 Å². The first-order chi connectivity index (χ1) is 25.3. The van der Waals surface area contributed by atoms with E-state index in [2.05, 4.69) is 20.8 Å². The van der Waals surface area contributed by atoms with Gasteiger partial charge in [0.1, 0.15) is 0 Å². The summed E-state index contributed by atoms with van der Waals surface area (Å²) in [7, 11) is 0. The Morgan fingerprint density at radius 1 is 0.231 bits per heavy atom. The van der Waals surface area contributed by atoms with E-state index < -0.39 is 17.9 Å². The Labute approximate surface area is 324 Å². The second-order valence-corrected chi connectivity index (χ2v) is 15.5. The summed E-state index contributed by atoms with van der Waals surface area (Å²) < 4.78 is 0. The third kappa shape index (κ3) is 63.5. The van der Waals surface area contributed by atoms with Crippen LogP contribution in [-0.2, 0) is 14.4 Å². The van der Waals surface area contributed by atoms with Gasteiger partial charge in [0.15, 0.2) is 0 Å². The summed E-state index contributed by atoms with van der Waals surface area (Å²) in [4.78, 5) is 30.9. The molecular weight excluding hydrogens is 649 g/mol. The average Bonchev–Trinajstić information content (AvgIpc) is 3.11. The molecule has 0 radical (unpaired) electrons. The molecule has 0 aliphatic carbocycles. The van der Waals surface area contributed by atoms with Crippen LogP contribution in [0.2, 0.25) is 0 Å². The van der Waals surface area contributed by atoms with E-state index in [1.54, 1.807) is 0 Å². The van der Waals surface area contributed by atoms with Crippen LogP contribution in [0.4, 0.5) is 0 Å². The molecule has 0 bridgehead atoms. The molecule has 0 spiro atoms. The number of carbonyl (C=O) groups is 3. The summed E-state index contributed by atoms with van der Waals surface area (Å²) in [5, 5.41) is 25.4. The molecule has 312 valence electrons. The van der Waals surface area contributed by atoms with Gasteiger partial charge in [-0.3, -0.25) is 14.4 Å². The molecule has 0 amide bonds. The van der Waals surface area contributed by atoms with Gasteiger partial charge >= 0.3 is 17.9 Å². The molecule has 0 aromatic carbocycles. The highest BCUT2D eigenvalue weighted by molar-refractivity contribution is 5.67. The molecule has 6 heteroatoms. The van der Waals surface area contributed by atoms with E-state index in [9.17, 15) is 14.4 Å². The highest BCUT2D eigenvalue weighted by atomic mass is 16.4. The lowest BCUT2D eigenvalue weighted by molar-refractivity contribution is -0.138. The number of hydrogen-bond acceptors (Lipinski definition) is 3. The predicted molar refractivity (Wildman–Crippen MR) is 225 cm³/mol. The summed E-state index contributed by atoms with van der Waals surface area (Å²) in [5.74, 6) is -1.97. The van der Waals surface area contributed by atoms with Gasteiger partial charge in [0, 0.05) is 19.3 Å². The lowest BCUT2D eigenvalue weighted by Gasteiger charge is -2.02. The normalized spacial score (nSPS) is 10.7. The first kappa shape index (κ1) is 54.8. The van der Waals surface area contributed by atoms with Crippen molar-refractivity contribution in [2.24, 2.45) is 0 Å². The van der Waals surface area contributed by atoms with Gasteiger partial charge in [0.05, 0.1) is 0 Å². The van der Waals surface area contributed by atoms with E-state index in [1.165, 1.54) is 199 Å². The summed E-state index contributed by atoms with van der Waals surface area (Å²) >= 11 is 0. The molecule has 0 aromatic heterocycles. The minimum absolute atomic E-state index is 0.344. The summed E-state index contributed by atoms with van der Waals surface area (Å²) in [6.45, 7) is 6.77. The maximum Gasteiger partial charge on any atom is 0.303 e. The van der Waals surface area contributed by atoms with Crippen LogP contribution in [0.15, 0.2) is 0 Å². The quantitative estimate of drug-likeness (QED) is 0.0539. The molecular formula is C46H92O6. The molecule has 0 atom stereocenters. The van der Waals surface area contributed by atoms with E-state index in [0.29, 0.717) is 19.3 Å². The van der Waals surface area contributed by atoms with Crippen molar-refractivity contribution in [1.29, 1.82) is 0 Å². The van der Waals surface area contributed by atoms with Crippen LogP contribution < -0.4 is 0 Å². The van der Waals surface area contributed by atoms with Gasteiger partial charge in [-0.05, 0) is 19.3 Å². The predicted octanol–water partition coefficient (Wildman–Crippen LogP) is 15.9. The van der Waals surface area contributed by atoms with Crippen molar-refractivity contribution in [1.82, 2.24) is 0 Å². The third-order valence-electron chi connectivity index (χ3n) is 9.98. The Morgan fingerprint density at radius 3 is 0.462 bits per heavy atom. The minimum Gasteiger partial charge on any atom is -0.481 e. The standard InChI is InChI=1S/2C16H32O2.C14H28O2/c2*1-2-3-4-5-6-7-8-9-10-11-12-13-14-15-16(17)18;1-2-3-4-5-6-7-8-9-10-11-12-13-14(15)16/h2*2-15H2,1H3,(H,17,18);2-13H2,1H3,(H,15,16). The number of unbranched alkanes of at least 4 members (excludes halogenated alkanes) is 34. The summed E-state index contributed by atoms with van der Waals surface area (Å²) in [6.07, 6.45) is 48.9. The number of carboxylic acids is 3. The fourth-order valence-electron chi connectivity index (χ4n) is 6.53. The van der Waals surface area contributed by atoms with Crippen molar-refractivity contribution < 1.29 is 29.7 Å². The van der Waals surface area contributed by atoms with Crippen molar-refractivity contribution in [3.63, 3.8) is 0 Å². The van der Waals surface area contributed by atoms with Gasteiger partial charge in [0.2, 0.25) is 0 Å². The molecule has 0 heterocycles. The van der Waals surface area contributed by atoms with Crippen molar-refractivity contribution in [2.45, 2.75) is 278 Å². The zero-order valence-corrected chi connectivity index (χ0v) is 35.4. The van der Waals surface area contributed by atoms with E-state index >= 15 is 0 Å². The Kier molecular flexibility index (Phi) is 54.2. The molecule has 52 heavy (non-hydrogen) atoms. The molecule has 0 aliphatic rings. The van der Waals surface area contributed by atoms with Crippen LogP contribution >= 0.6 is 0 Å². The van der Waals surface area contributed by atoms with Crippen LogP contribution in [0, 0.1) is 0 Å². The molecule has 6 nitrogen and oxygen atoms in total. The molecule has 0 rings (SSSR count). The van der Waals surface area contributed by atoms with Crippen LogP contribution in [0.25, 0.3) is 0 Å². The average molecular weight is 741 g/mol. The molecule has 0 aliphatic heterocycles. The van der Waals surface area contributed by atoms with Gasteiger partial charge < -0.3 is 15.3 Å². The number of rotatable bonds is 40. The van der Waals surface area contributed by atoms with E-state index in [-0.39, 0.29) is 0 Å². The van der Waals surface area contributed by atoms with Crippen molar-refractivity contribution in [2.75, 3.05) is 0 Å². The van der Waals surface area contributed by atoms with Gasteiger partial charge in [0.25, 0.3) is 0 Å².